The Morgan fingerprint density at radius 2 is 1.84 bits per heavy atom. The molecule has 12 heteroatoms. The smallest absolute Gasteiger partial charge is 0.338 e. The summed E-state index contributed by atoms with van der Waals surface area (Å²) in [5.41, 5.74) is 4.36. The molecule has 0 spiro atoms. The minimum atomic E-state index is -1.01. The van der Waals surface area contributed by atoms with Crippen molar-refractivity contribution in [2.75, 3.05) is 20.3 Å². The third-order valence-corrected chi connectivity index (χ3v) is 9.17. The van der Waals surface area contributed by atoms with Gasteiger partial charge in [0.1, 0.15) is 0 Å². The predicted octanol–water partition coefficient (Wildman–Crippen LogP) is 5.07. The van der Waals surface area contributed by atoms with E-state index in [0.717, 1.165) is 17.0 Å². The highest BCUT2D eigenvalue weighted by Crippen LogP contribution is 2.41. The maximum Gasteiger partial charge on any atom is 0.338 e. The van der Waals surface area contributed by atoms with E-state index in [9.17, 15) is 19.5 Å². The number of benzene rings is 2. The van der Waals surface area contributed by atoms with Gasteiger partial charge in [-0.3, -0.25) is 9.36 Å². The second-order valence-corrected chi connectivity index (χ2v) is 12.1. The molecule has 2 aromatic carbocycles. The van der Waals surface area contributed by atoms with Crippen molar-refractivity contribution in [2.45, 2.75) is 40.7 Å². The largest absolute Gasteiger partial charge is 0.493 e. The van der Waals surface area contributed by atoms with Crippen LogP contribution in [0.15, 0.2) is 68.0 Å². The van der Waals surface area contributed by atoms with E-state index in [1.807, 2.05) is 37.5 Å². The lowest BCUT2D eigenvalue weighted by Gasteiger charge is -2.26. The number of methoxy groups -OCH3 is 1. The average molecular weight is 695 g/mol. The monoisotopic (exact) mass is 693 g/mol. The molecule has 10 nitrogen and oxygen atoms in total. The summed E-state index contributed by atoms with van der Waals surface area (Å²) < 4.78 is 21.3. The number of nitrogens with zero attached hydrogens (tertiary/aromatic N) is 3. The molecular weight excluding hydrogens is 662 g/mol. The second-order valence-electron chi connectivity index (χ2n) is 10.3. The van der Waals surface area contributed by atoms with E-state index in [-0.39, 0.29) is 23.3 Å². The van der Waals surface area contributed by atoms with Crippen LogP contribution in [-0.4, -0.2) is 46.5 Å². The molecular formula is C33H32BrN3O7S. The molecule has 4 aromatic rings. The summed E-state index contributed by atoms with van der Waals surface area (Å²) in [6, 6.07) is 11.3. The Bertz CT molecular complexity index is 2050. The van der Waals surface area contributed by atoms with E-state index in [2.05, 4.69) is 20.9 Å². The zero-order chi connectivity index (χ0) is 32.6. The molecule has 0 unspecified atom stereocenters. The molecule has 1 aliphatic heterocycles. The molecule has 0 amide bonds. The summed E-state index contributed by atoms with van der Waals surface area (Å²) in [5, 5.41) is 9.49. The zero-order valence-corrected chi connectivity index (χ0v) is 28.0. The number of halogens is 1. The standard InChI is InChI=1S/C33H32BrN3O7S/c1-7-43-26-16-24(34)23(15-25(26)42-6)29-28(32(41)44-8-2)18(4)35-33-37(29)30(38)27(45-33)14-21-12-17(3)36(19(21)5)22-11-9-10-20(13-22)31(39)40/h9-16,29H,7-8H2,1-6H3,(H,39,40)/b27-14+/t29-/m0/s1. The second kappa shape index (κ2) is 12.9. The SMILES string of the molecule is CCOC(=O)C1=C(C)N=c2s/c(=C/c3cc(C)n(-c4cccc(C(=O)O)c4)c3C)c(=O)n2[C@H]1c1cc(OC)c(OCC)cc1Br. The van der Waals surface area contributed by atoms with Gasteiger partial charge in [0, 0.05) is 21.5 Å². The van der Waals surface area contributed by atoms with E-state index in [1.54, 1.807) is 50.3 Å². The van der Waals surface area contributed by atoms with Crippen molar-refractivity contribution < 1.29 is 28.9 Å². The van der Waals surface area contributed by atoms with Crippen LogP contribution in [0.25, 0.3) is 11.8 Å². The Morgan fingerprint density at radius 1 is 1.09 bits per heavy atom. The molecule has 234 valence electrons. The Balaban J connectivity index is 1.72. The molecule has 0 aliphatic carbocycles. The first-order chi connectivity index (χ1) is 21.5. The fourth-order valence-corrected chi connectivity index (χ4v) is 7.10. The fraction of sp³-hybridized carbons (Fsp3) is 0.273. The van der Waals surface area contributed by atoms with Crippen molar-refractivity contribution >= 4 is 45.3 Å². The molecule has 1 aliphatic rings. The minimum absolute atomic E-state index is 0.158. The Morgan fingerprint density at radius 3 is 2.51 bits per heavy atom. The molecule has 1 atom stereocenters. The Labute approximate surface area is 271 Å². The number of allylic oxidation sites excluding steroid dienone is 1. The van der Waals surface area contributed by atoms with Crippen LogP contribution in [0.5, 0.6) is 11.5 Å². The van der Waals surface area contributed by atoms with Crippen LogP contribution >= 0.6 is 27.3 Å². The predicted molar refractivity (Wildman–Crippen MR) is 174 cm³/mol. The molecule has 2 aromatic heterocycles. The number of carboxylic acid groups (broad SMARTS) is 1. The first kappa shape index (κ1) is 32.0. The lowest BCUT2D eigenvalue weighted by molar-refractivity contribution is -0.139. The summed E-state index contributed by atoms with van der Waals surface area (Å²) in [5.74, 6) is -0.602. The van der Waals surface area contributed by atoms with E-state index < -0.39 is 18.0 Å². The third kappa shape index (κ3) is 5.87. The van der Waals surface area contributed by atoms with Gasteiger partial charge < -0.3 is 23.9 Å². The molecule has 1 N–H and O–H groups in total. The molecule has 0 saturated carbocycles. The van der Waals surface area contributed by atoms with Crippen molar-refractivity contribution in [2.24, 2.45) is 4.99 Å². The van der Waals surface area contributed by atoms with Gasteiger partial charge in [-0.2, -0.15) is 0 Å². The number of carbonyl (C=O) groups is 2. The van der Waals surface area contributed by atoms with Crippen LogP contribution < -0.4 is 24.4 Å². The van der Waals surface area contributed by atoms with Gasteiger partial charge in [-0.05, 0) is 88.2 Å². The van der Waals surface area contributed by atoms with Crippen molar-refractivity contribution in [1.29, 1.82) is 0 Å². The summed E-state index contributed by atoms with van der Waals surface area (Å²) in [7, 11) is 1.53. The van der Waals surface area contributed by atoms with Crippen molar-refractivity contribution in [3.8, 4) is 17.2 Å². The maximum atomic E-state index is 14.2. The summed E-state index contributed by atoms with van der Waals surface area (Å²) >= 11 is 4.87. The van der Waals surface area contributed by atoms with E-state index in [1.165, 1.54) is 23.0 Å². The average Bonchev–Trinajstić information content (AvgIpc) is 3.46. The van der Waals surface area contributed by atoms with Gasteiger partial charge in [-0.25, -0.2) is 14.6 Å². The molecule has 0 radical (unpaired) electrons. The summed E-state index contributed by atoms with van der Waals surface area (Å²) in [4.78, 5) is 44.3. The van der Waals surface area contributed by atoms with E-state index in [0.29, 0.717) is 48.9 Å². The number of hydrogen-bond acceptors (Lipinski definition) is 8. The van der Waals surface area contributed by atoms with Crippen LogP contribution in [0.3, 0.4) is 0 Å². The zero-order valence-electron chi connectivity index (χ0n) is 25.6. The Kier molecular flexibility index (Phi) is 9.17. The fourth-order valence-electron chi connectivity index (χ4n) is 5.52. The highest BCUT2D eigenvalue weighted by atomic mass is 79.9. The van der Waals surface area contributed by atoms with Crippen LogP contribution in [0.1, 0.15) is 59.7 Å². The molecule has 3 heterocycles. The van der Waals surface area contributed by atoms with Gasteiger partial charge in [0.05, 0.1) is 47.7 Å². The summed E-state index contributed by atoms with van der Waals surface area (Å²) in [6.07, 6.45) is 1.80. The minimum Gasteiger partial charge on any atom is -0.493 e. The molecule has 0 saturated heterocycles. The van der Waals surface area contributed by atoms with E-state index in [4.69, 9.17) is 14.2 Å². The van der Waals surface area contributed by atoms with Crippen molar-refractivity contribution in [3.05, 3.63) is 106 Å². The van der Waals surface area contributed by atoms with Crippen LogP contribution in [0, 0.1) is 13.8 Å². The Hall–Kier alpha value is -4.42. The molecule has 45 heavy (non-hydrogen) atoms. The number of aryl methyl sites for hydroxylation is 1. The van der Waals surface area contributed by atoms with Gasteiger partial charge in [0.2, 0.25) is 0 Å². The van der Waals surface area contributed by atoms with Crippen LogP contribution in [-0.2, 0) is 9.53 Å². The number of thiazole rings is 1. The molecule has 0 fully saturated rings. The molecule has 0 bridgehead atoms. The normalized spacial score (nSPS) is 14.6. The molecule has 5 rings (SSSR count). The van der Waals surface area contributed by atoms with Crippen molar-refractivity contribution in [3.63, 3.8) is 0 Å². The van der Waals surface area contributed by atoms with Crippen LogP contribution in [0.2, 0.25) is 0 Å². The lowest BCUT2D eigenvalue weighted by atomic mass is 9.95. The highest BCUT2D eigenvalue weighted by Gasteiger charge is 2.35. The van der Waals surface area contributed by atoms with Crippen LogP contribution in [0.4, 0.5) is 0 Å². The van der Waals surface area contributed by atoms with E-state index >= 15 is 0 Å². The number of aromatic nitrogens is 2. The van der Waals surface area contributed by atoms with Gasteiger partial charge >= 0.3 is 11.9 Å². The highest BCUT2D eigenvalue weighted by molar-refractivity contribution is 9.10. The van der Waals surface area contributed by atoms with Crippen molar-refractivity contribution in [1.82, 2.24) is 9.13 Å². The number of rotatable bonds is 9. The van der Waals surface area contributed by atoms with Gasteiger partial charge in [-0.15, -0.1) is 0 Å². The lowest BCUT2D eigenvalue weighted by Crippen LogP contribution is -2.40. The number of carboxylic acids is 1. The number of carbonyl (C=O) groups excluding carboxylic acids is 1. The quantitative estimate of drug-likeness (QED) is 0.243. The maximum absolute atomic E-state index is 14.2. The first-order valence-electron chi connectivity index (χ1n) is 14.2. The first-order valence-corrected chi connectivity index (χ1v) is 15.8. The topological polar surface area (TPSA) is 121 Å². The number of fused-ring (bicyclic) bond motifs is 1. The number of aromatic carboxylic acids is 1. The number of hydrogen-bond donors (Lipinski definition) is 1. The number of esters is 1. The van der Waals surface area contributed by atoms with Gasteiger partial charge in [0.15, 0.2) is 16.3 Å². The third-order valence-electron chi connectivity index (χ3n) is 7.50. The van der Waals surface area contributed by atoms with Gasteiger partial charge in [0.25, 0.3) is 5.56 Å². The van der Waals surface area contributed by atoms with Gasteiger partial charge in [-0.1, -0.05) is 33.3 Å². The summed E-state index contributed by atoms with van der Waals surface area (Å²) in [6.45, 7) is 9.75. The number of ether oxygens (including phenoxy) is 3.